The Morgan fingerprint density at radius 1 is 1.59 bits per heavy atom. The maximum Gasteiger partial charge on any atom is 0.278 e. The summed E-state index contributed by atoms with van der Waals surface area (Å²) in [7, 11) is 0. The lowest BCUT2D eigenvalue weighted by molar-refractivity contribution is -0.385. The van der Waals surface area contributed by atoms with Crippen LogP contribution in [0.5, 0.6) is 0 Å². The van der Waals surface area contributed by atoms with E-state index in [-0.39, 0.29) is 11.3 Å². The molecule has 0 aliphatic rings. The minimum atomic E-state index is -1.18. The van der Waals surface area contributed by atoms with Gasteiger partial charge in [-0.1, -0.05) is 12.1 Å². The lowest BCUT2D eigenvalue weighted by atomic mass is 10.2. The van der Waals surface area contributed by atoms with Crippen molar-refractivity contribution < 1.29 is 14.8 Å². The van der Waals surface area contributed by atoms with Gasteiger partial charge in [-0.2, -0.15) is 5.10 Å². The van der Waals surface area contributed by atoms with Crippen LogP contribution in [0, 0.1) is 10.1 Å². The second kappa shape index (κ2) is 5.71. The van der Waals surface area contributed by atoms with Crippen LogP contribution in [0.2, 0.25) is 0 Å². The number of benzene rings is 1. The van der Waals surface area contributed by atoms with Crippen molar-refractivity contribution in [3.63, 3.8) is 0 Å². The van der Waals surface area contributed by atoms with Crippen LogP contribution in [0.3, 0.4) is 0 Å². The fraction of sp³-hybridized carbons (Fsp3) is 0.200. The Labute approximate surface area is 96.9 Å². The first-order chi connectivity index (χ1) is 8.02. The van der Waals surface area contributed by atoms with Crippen LogP contribution < -0.4 is 5.43 Å². The number of rotatable bonds is 4. The van der Waals surface area contributed by atoms with Crippen LogP contribution in [0.1, 0.15) is 12.5 Å². The maximum atomic E-state index is 10.9. The first-order valence-electron chi connectivity index (χ1n) is 4.76. The van der Waals surface area contributed by atoms with Crippen LogP contribution in [0.4, 0.5) is 5.69 Å². The normalized spacial score (nSPS) is 12.4. The summed E-state index contributed by atoms with van der Waals surface area (Å²) in [5.41, 5.74) is 2.21. The van der Waals surface area contributed by atoms with Gasteiger partial charge in [0.25, 0.3) is 11.6 Å². The van der Waals surface area contributed by atoms with Gasteiger partial charge in [-0.15, -0.1) is 0 Å². The van der Waals surface area contributed by atoms with Gasteiger partial charge in [0.1, 0.15) is 6.10 Å². The Kier molecular flexibility index (Phi) is 4.29. The molecule has 0 radical (unpaired) electrons. The smallest absolute Gasteiger partial charge is 0.278 e. The van der Waals surface area contributed by atoms with Crippen LogP contribution in [-0.2, 0) is 4.79 Å². The van der Waals surface area contributed by atoms with Crippen molar-refractivity contribution in [1.82, 2.24) is 5.43 Å². The van der Waals surface area contributed by atoms with Crippen molar-refractivity contribution in [1.29, 1.82) is 0 Å². The summed E-state index contributed by atoms with van der Waals surface area (Å²) >= 11 is 0. The van der Waals surface area contributed by atoms with Crippen molar-refractivity contribution in [3.05, 3.63) is 39.9 Å². The summed E-state index contributed by atoms with van der Waals surface area (Å²) in [5, 5.41) is 23.0. The predicted molar refractivity (Wildman–Crippen MR) is 60.5 cm³/mol. The number of carbonyl (C=O) groups excluding carboxylic acids is 1. The zero-order valence-electron chi connectivity index (χ0n) is 9.03. The average Bonchev–Trinajstić information content (AvgIpc) is 2.29. The molecule has 17 heavy (non-hydrogen) atoms. The van der Waals surface area contributed by atoms with Crippen molar-refractivity contribution in [3.8, 4) is 0 Å². The Morgan fingerprint density at radius 3 is 2.82 bits per heavy atom. The predicted octanol–water partition coefficient (Wildman–Crippen LogP) is 0.426. The molecular formula is C10H11N3O4. The number of para-hydroxylation sites is 1. The number of nitro groups is 1. The van der Waals surface area contributed by atoms with Crippen LogP contribution >= 0.6 is 0 Å². The van der Waals surface area contributed by atoms with E-state index in [4.69, 9.17) is 5.11 Å². The average molecular weight is 237 g/mol. The second-order valence-electron chi connectivity index (χ2n) is 3.23. The number of hydrogen-bond donors (Lipinski definition) is 2. The molecule has 0 aromatic heterocycles. The molecule has 1 aromatic carbocycles. The highest BCUT2D eigenvalue weighted by Gasteiger charge is 2.10. The van der Waals surface area contributed by atoms with Crippen molar-refractivity contribution in [2.24, 2.45) is 5.10 Å². The molecule has 0 bridgehead atoms. The highest BCUT2D eigenvalue weighted by Crippen LogP contribution is 2.14. The molecule has 0 fully saturated rings. The highest BCUT2D eigenvalue weighted by molar-refractivity contribution is 5.87. The molecule has 0 spiro atoms. The zero-order chi connectivity index (χ0) is 12.8. The summed E-state index contributed by atoms with van der Waals surface area (Å²) in [6, 6.07) is 5.97. The number of amides is 1. The van der Waals surface area contributed by atoms with Gasteiger partial charge in [-0.05, 0) is 13.0 Å². The van der Waals surface area contributed by atoms with Crippen molar-refractivity contribution in [2.75, 3.05) is 0 Å². The first-order valence-corrected chi connectivity index (χ1v) is 4.76. The summed E-state index contributed by atoms with van der Waals surface area (Å²) in [5.74, 6) is -0.681. The Morgan fingerprint density at radius 2 is 2.24 bits per heavy atom. The van der Waals surface area contributed by atoms with Crippen LogP contribution in [-0.4, -0.2) is 28.3 Å². The Bertz CT molecular complexity index is 457. The largest absolute Gasteiger partial charge is 0.383 e. The topological polar surface area (TPSA) is 105 Å². The van der Waals surface area contributed by atoms with E-state index in [9.17, 15) is 14.9 Å². The molecule has 7 heteroatoms. The van der Waals surface area contributed by atoms with E-state index in [1.165, 1.54) is 25.1 Å². The van der Waals surface area contributed by atoms with Crippen molar-refractivity contribution >= 4 is 17.8 Å². The standard InChI is InChI=1S/C10H11N3O4/c1-7(14)10(15)12-11-6-8-4-2-3-5-9(8)13(16)17/h2-7,14H,1H3,(H,12,15)/b11-6-/t7-/m1/s1. The monoisotopic (exact) mass is 237 g/mol. The lowest BCUT2D eigenvalue weighted by Crippen LogP contribution is -2.28. The quantitative estimate of drug-likeness (QED) is 0.450. The van der Waals surface area contributed by atoms with Gasteiger partial charge in [0.2, 0.25) is 0 Å². The summed E-state index contributed by atoms with van der Waals surface area (Å²) in [4.78, 5) is 21.0. The third-order valence-corrected chi connectivity index (χ3v) is 1.89. The van der Waals surface area contributed by atoms with Gasteiger partial charge in [-0.3, -0.25) is 14.9 Å². The molecule has 7 nitrogen and oxygen atoms in total. The third-order valence-electron chi connectivity index (χ3n) is 1.89. The molecule has 1 atom stereocenters. The number of aliphatic hydroxyl groups excluding tert-OH is 1. The SMILES string of the molecule is C[C@@H](O)C(=O)N/N=C\c1ccccc1[N+](=O)[O-]. The van der Waals surface area contributed by atoms with Gasteiger partial charge >= 0.3 is 0 Å². The molecule has 90 valence electrons. The number of aliphatic hydroxyl groups is 1. The van der Waals surface area contributed by atoms with Gasteiger partial charge in [0.15, 0.2) is 0 Å². The Balaban J connectivity index is 2.78. The van der Waals surface area contributed by atoms with Gasteiger partial charge in [0.05, 0.1) is 16.7 Å². The summed E-state index contributed by atoms with van der Waals surface area (Å²) in [6.07, 6.45) is -0.0313. The third kappa shape index (κ3) is 3.65. The van der Waals surface area contributed by atoms with E-state index in [0.29, 0.717) is 0 Å². The van der Waals surface area contributed by atoms with E-state index in [0.717, 1.165) is 6.21 Å². The molecule has 2 N–H and O–H groups in total. The molecular weight excluding hydrogens is 226 g/mol. The van der Waals surface area contributed by atoms with Gasteiger partial charge in [0, 0.05) is 6.07 Å². The maximum absolute atomic E-state index is 10.9. The lowest BCUT2D eigenvalue weighted by Gasteiger charge is -2.00. The fourth-order valence-electron chi connectivity index (χ4n) is 1.02. The Hall–Kier alpha value is -2.28. The number of carbonyl (C=O) groups is 1. The molecule has 0 aliphatic heterocycles. The molecule has 1 rings (SSSR count). The molecule has 0 saturated heterocycles. The fourth-order valence-corrected chi connectivity index (χ4v) is 1.02. The molecule has 1 aromatic rings. The first kappa shape index (κ1) is 12.8. The molecule has 1 amide bonds. The minimum absolute atomic E-state index is 0.109. The number of nitro benzene ring substituents is 1. The van der Waals surface area contributed by atoms with E-state index in [1.54, 1.807) is 6.07 Å². The van der Waals surface area contributed by atoms with Crippen LogP contribution in [0.25, 0.3) is 0 Å². The van der Waals surface area contributed by atoms with E-state index in [2.05, 4.69) is 10.5 Å². The number of hydrazone groups is 1. The van der Waals surface area contributed by atoms with Crippen LogP contribution in [0.15, 0.2) is 29.4 Å². The number of hydrogen-bond acceptors (Lipinski definition) is 5. The zero-order valence-corrected chi connectivity index (χ0v) is 9.03. The molecule has 0 saturated carbocycles. The second-order valence-corrected chi connectivity index (χ2v) is 3.23. The summed E-state index contributed by atoms with van der Waals surface area (Å²) < 4.78 is 0. The molecule has 0 heterocycles. The molecule has 0 aliphatic carbocycles. The van der Waals surface area contributed by atoms with Crippen molar-refractivity contribution in [2.45, 2.75) is 13.0 Å². The van der Waals surface area contributed by atoms with E-state index < -0.39 is 16.9 Å². The number of nitrogens with one attached hydrogen (secondary N) is 1. The molecule has 0 unspecified atom stereocenters. The highest BCUT2D eigenvalue weighted by atomic mass is 16.6. The van der Waals surface area contributed by atoms with Gasteiger partial charge in [-0.25, -0.2) is 5.43 Å². The summed E-state index contributed by atoms with van der Waals surface area (Å²) in [6.45, 7) is 1.29. The van der Waals surface area contributed by atoms with E-state index in [1.807, 2.05) is 0 Å². The van der Waals surface area contributed by atoms with E-state index >= 15 is 0 Å². The minimum Gasteiger partial charge on any atom is -0.383 e. The number of nitrogens with zero attached hydrogens (tertiary/aromatic N) is 2. The van der Waals surface area contributed by atoms with Gasteiger partial charge < -0.3 is 5.11 Å².